The Morgan fingerprint density at radius 1 is 1.20 bits per heavy atom. The van der Waals surface area contributed by atoms with Crippen molar-refractivity contribution in [3.63, 3.8) is 0 Å². The Hall–Kier alpha value is -2.25. The van der Waals surface area contributed by atoms with Crippen LogP contribution in [0.1, 0.15) is 44.6 Å². The molecule has 1 heterocycles. The first-order chi connectivity index (χ1) is 11.6. The minimum Gasteiger partial charge on any atom is -0.444 e. The van der Waals surface area contributed by atoms with E-state index < -0.39 is 11.7 Å². The second-order valence-electron chi connectivity index (χ2n) is 6.82. The van der Waals surface area contributed by atoms with Crippen LogP contribution in [0.4, 0.5) is 4.79 Å². The van der Waals surface area contributed by atoms with Crippen molar-refractivity contribution < 1.29 is 9.53 Å². The van der Waals surface area contributed by atoms with Crippen LogP contribution >= 0.6 is 0 Å². The van der Waals surface area contributed by atoms with Crippen LogP contribution in [0.25, 0.3) is 0 Å². The Kier molecular flexibility index (Phi) is 7.73. The van der Waals surface area contributed by atoms with Gasteiger partial charge in [-0.15, -0.1) is 0 Å². The van der Waals surface area contributed by atoms with E-state index in [1.807, 2.05) is 53.3 Å². The van der Waals surface area contributed by atoms with Gasteiger partial charge in [0.2, 0.25) is 0 Å². The summed E-state index contributed by atoms with van der Waals surface area (Å²) < 4.78 is 7.06. The number of aliphatic imine (C=N–C) groups is 1. The third-order valence-electron chi connectivity index (χ3n) is 3.48. The minimum absolute atomic E-state index is 0.419. The molecule has 1 aromatic heterocycles. The summed E-state index contributed by atoms with van der Waals surface area (Å²) in [6.07, 6.45) is -0.419. The van der Waals surface area contributed by atoms with Gasteiger partial charge in [0.25, 0.3) is 0 Å². The van der Waals surface area contributed by atoms with E-state index in [9.17, 15) is 4.79 Å². The Labute approximate surface area is 150 Å². The average Bonchev–Trinajstić information content (AvgIpc) is 2.72. The fraction of sp³-hybridized carbons (Fsp3) is 0.706. The zero-order valence-corrected chi connectivity index (χ0v) is 16.5. The lowest BCUT2D eigenvalue weighted by Gasteiger charge is -2.19. The quantitative estimate of drug-likeness (QED) is 0.411. The van der Waals surface area contributed by atoms with Crippen LogP contribution in [0.15, 0.2) is 4.99 Å². The first kappa shape index (κ1) is 20.8. The van der Waals surface area contributed by atoms with Crippen molar-refractivity contribution in [2.75, 3.05) is 19.6 Å². The molecule has 142 valence electrons. The topological polar surface area (TPSA) is 92.6 Å². The highest BCUT2D eigenvalue weighted by atomic mass is 16.6. The fourth-order valence-corrected chi connectivity index (χ4v) is 2.21. The molecule has 0 aromatic carbocycles. The van der Waals surface area contributed by atoms with E-state index in [0.717, 1.165) is 23.5 Å². The first-order valence-corrected chi connectivity index (χ1v) is 8.62. The van der Waals surface area contributed by atoms with Crippen molar-refractivity contribution in [3.05, 3.63) is 17.0 Å². The van der Waals surface area contributed by atoms with Crippen molar-refractivity contribution in [2.45, 2.75) is 53.7 Å². The molecule has 1 aromatic rings. The number of ether oxygens (including phenoxy) is 1. The van der Waals surface area contributed by atoms with E-state index in [4.69, 9.17) is 4.74 Å². The van der Waals surface area contributed by atoms with Gasteiger partial charge in [-0.05, 0) is 41.5 Å². The van der Waals surface area contributed by atoms with Gasteiger partial charge < -0.3 is 20.7 Å². The number of alkyl carbamates (subject to hydrolysis) is 1. The number of aryl methyl sites for hydroxylation is 2. The molecular formula is C17H32N6O2. The molecule has 0 spiro atoms. The third kappa shape index (κ3) is 7.45. The lowest BCUT2D eigenvalue weighted by Crippen LogP contribution is -2.42. The molecule has 0 radical (unpaired) electrons. The van der Waals surface area contributed by atoms with E-state index in [1.165, 1.54) is 0 Å². The fourth-order valence-electron chi connectivity index (χ4n) is 2.21. The third-order valence-corrected chi connectivity index (χ3v) is 3.48. The summed E-state index contributed by atoms with van der Waals surface area (Å²) in [4.78, 5) is 16.2. The monoisotopic (exact) mass is 352 g/mol. The number of guanidine groups is 1. The highest BCUT2D eigenvalue weighted by Crippen LogP contribution is 2.12. The minimum atomic E-state index is -0.493. The summed E-state index contributed by atoms with van der Waals surface area (Å²) in [5.41, 5.74) is 2.74. The van der Waals surface area contributed by atoms with Crippen LogP contribution in [-0.4, -0.2) is 47.1 Å². The number of rotatable bonds is 6. The number of hydrogen-bond donors (Lipinski definition) is 3. The van der Waals surface area contributed by atoms with E-state index in [0.29, 0.717) is 25.6 Å². The van der Waals surface area contributed by atoms with Gasteiger partial charge in [-0.25, -0.2) is 9.79 Å². The second-order valence-corrected chi connectivity index (χ2v) is 6.82. The Morgan fingerprint density at radius 2 is 1.84 bits per heavy atom. The largest absolute Gasteiger partial charge is 0.444 e. The molecule has 0 bridgehead atoms. The van der Waals surface area contributed by atoms with E-state index in [2.05, 4.69) is 26.0 Å². The summed E-state index contributed by atoms with van der Waals surface area (Å²) in [6, 6.07) is 0. The van der Waals surface area contributed by atoms with Crippen LogP contribution in [0.5, 0.6) is 0 Å². The second kappa shape index (κ2) is 9.29. The number of carbonyl (C=O) groups excluding carboxylic acids is 1. The van der Waals surface area contributed by atoms with Crippen LogP contribution in [0.2, 0.25) is 0 Å². The molecule has 25 heavy (non-hydrogen) atoms. The maximum Gasteiger partial charge on any atom is 0.407 e. The van der Waals surface area contributed by atoms with Crippen LogP contribution < -0.4 is 16.0 Å². The highest BCUT2D eigenvalue weighted by molar-refractivity contribution is 5.79. The summed E-state index contributed by atoms with van der Waals surface area (Å²) in [5.74, 6) is 0.705. The van der Waals surface area contributed by atoms with Gasteiger partial charge in [-0.3, -0.25) is 4.68 Å². The summed E-state index contributed by atoms with van der Waals surface area (Å²) in [5, 5.41) is 13.5. The molecule has 0 saturated heterocycles. The maximum absolute atomic E-state index is 11.6. The van der Waals surface area contributed by atoms with Crippen molar-refractivity contribution >= 4 is 12.1 Å². The molecule has 1 amide bonds. The normalized spacial score (nSPS) is 12.0. The summed E-state index contributed by atoms with van der Waals surface area (Å²) in [7, 11) is 1.93. The predicted molar refractivity (Wildman–Crippen MR) is 99.7 cm³/mol. The smallest absolute Gasteiger partial charge is 0.407 e. The molecule has 8 nitrogen and oxygen atoms in total. The summed E-state index contributed by atoms with van der Waals surface area (Å²) in [6.45, 7) is 13.9. The molecule has 0 aliphatic carbocycles. The van der Waals surface area contributed by atoms with Crippen molar-refractivity contribution in [1.82, 2.24) is 25.7 Å². The number of nitrogens with zero attached hydrogens (tertiary/aromatic N) is 3. The number of carbonyl (C=O) groups is 1. The SMILES string of the molecule is CCNC(=NCc1c(C)nn(C)c1C)NCCNC(=O)OC(C)(C)C. The Balaban J connectivity index is 2.50. The Bertz CT molecular complexity index is 601. The van der Waals surface area contributed by atoms with Crippen molar-refractivity contribution in [3.8, 4) is 0 Å². The first-order valence-electron chi connectivity index (χ1n) is 8.62. The zero-order valence-electron chi connectivity index (χ0n) is 16.5. The van der Waals surface area contributed by atoms with Gasteiger partial charge in [0.05, 0.1) is 12.2 Å². The van der Waals surface area contributed by atoms with Crippen LogP contribution in [0, 0.1) is 13.8 Å². The molecule has 8 heteroatoms. The molecule has 3 N–H and O–H groups in total. The van der Waals surface area contributed by atoms with Crippen molar-refractivity contribution in [1.29, 1.82) is 0 Å². The molecular weight excluding hydrogens is 320 g/mol. The van der Waals surface area contributed by atoms with Crippen molar-refractivity contribution in [2.24, 2.45) is 12.0 Å². The molecule has 0 saturated carbocycles. The standard InChI is InChI=1S/C17H32N6O2/c1-8-18-15(19-9-10-20-16(24)25-17(4,5)6)21-11-14-12(2)22-23(7)13(14)3/h8-11H2,1-7H3,(H,20,24)(H2,18,19,21). The van der Waals surface area contributed by atoms with Gasteiger partial charge in [0, 0.05) is 37.9 Å². The van der Waals surface area contributed by atoms with Crippen LogP contribution in [0.3, 0.4) is 0 Å². The molecule has 0 aliphatic rings. The van der Waals surface area contributed by atoms with E-state index in [1.54, 1.807) is 0 Å². The highest BCUT2D eigenvalue weighted by Gasteiger charge is 2.15. The number of nitrogens with one attached hydrogen (secondary N) is 3. The summed E-state index contributed by atoms with van der Waals surface area (Å²) >= 11 is 0. The van der Waals surface area contributed by atoms with Gasteiger partial charge in [0.15, 0.2) is 5.96 Å². The van der Waals surface area contributed by atoms with Gasteiger partial charge >= 0.3 is 6.09 Å². The lowest BCUT2D eigenvalue weighted by atomic mass is 10.2. The average molecular weight is 352 g/mol. The Morgan fingerprint density at radius 3 is 2.36 bits per heavy atom. The molecule has 0 fully saturated rings. The number of aromatic nitrogens is 2. The molecule has 0 aliphatic heterocycles. The number of amides is 1. The van der Waals surface area contributed by atoms with Gasteiger partial charge in [-0.2, -0.15) is 5.10 Å². The zero-order chi connectivity index (χ0) is 19.0. The lowest BCUT2D eigenvalue weighted by molar-refractivity contribution is 0.0529. The maximum atomic E-state index is 11.6. The van der Waals surface area contributed by atoms with E-state index in [-0.39, 0.29) is 0 Å². The van der Waals surface area contributed by atoms with Gasteiger partial charge in [0.1, 0.15) is 5.60 Å². The van der Waals surface area contributed by atoms with Gasteiger partial charge in [-0.1, -0.05) is 0 Å². The van der Waals surface area contributed by atoms with E-state index >= 15 is 0 Å². The number of hydrogen-bond acceptors (Lipinski definition) is 4. The molecule has 0 atom stereocenters. The molecule has 1 rings (SSSR count). The predicted octanol–water partition coefficient (Wildman–Crippen LogP) is 1.62. The van der Waals surface area contributed by atoms with Crippen LogP contribution in [-0.2, 0) is 18.3 Å². The molecule has 0 unspecified atom stereocenters.